The number of nitro benzene ring substituents is 1. The number of hydrazone groups is 1. The average molecular weight is 464 g/mol. The van der Waals surface area contributed by atoms with E-state index in [0.717, 1.165) is 0 Å². The summed E-state index contributed by atoms with van der Waals surface area (Å²) in [5.74, 6) is -0.643. The van der Waals surface area contributed by atoms with Crippen molar-refractivity contribution in [2.24, 2.45) is 5.10 Å². The quantitative estimate of drug-likeness (QED) is 0.250. The molecule has 3 rings (SSSR count). The zero-order chi connectivity index (χ0) is 24.5. The van der Waals surface area contributed by atoms with Crippen molar-refractivity contribution in [3.63, 3.8) is 0 Å². The van der Waals surface area contributed by atoms with Crippen LogP contribution in [0.4, 0.5) is 11.4 Å². The third-order valence-electron chi connectivity index (χ3n) is 4.42. The fourth-order valence-corrected chi connectivity index (χ4v) is 2.81. The van der Waals surface area contributed by atoms with Gasteiger partial charge in [-0.15, -0.1) is 0 Å². The zero-order valence-corrected chi connectivity index (χ0v) is 17.9. The first-order valence-corrected chi connectivity index (χ1v) is 9.84. The molecule has 0 aliphatic carbocycles. The number of non-ortho nitro benzene ring substituents is 1. The highest BCUT2D eigenvalue weighted by Crippen LogP contribution is 2.27. The maximum absolute atomic E-state index is 12.2. The van der Waals surface area contributed by atoms with Gasteiger partial charge in [0.2, 0.25) is 0 Å². The molecule has 3 aromatic carbocycles. The summed E-state index contributed by atoms with van der Waals surface area (Å²) in [5, 5.41) is 26.9. The second-order valence-electron chi connectivity index (χ2n) is 6.77. The first-order chi connectivity index (χ1) is 16.4. The molecular formula is C23H20N4O7. The van der Waals surface area contributed by atoms with Gasteiger partial charge in [0.15, 0.2) is 18.1 Å². The predicted molar refractivity (Wildman–Crippen MR) is 123 cm³/mol. The van der Waals surface area contributed by atoms with E-state index in [9.17, 15) is 24.8 Å². The van der Waals surface area contributed by atoms with Crippen LogP contribution in [0.25, 0.3) is 0 Å². The van der Waals surface area contributed by atoms with Gasteiger partial charge in [-0.05, 0) is 42.0 Å². The van der Waals surface area contributed by atoms with Gasteiger partial charge in [0.25, 0.3) is 17.5 Å². The number of rotatable bonds is 9. The number of phenols is 1. The largest absolute Gasteiger partial charge is 0.507 e. The molecule has 0 fully saturated rings. The molecule has 11 heteroatoms. The molecule has 0 saturated heterocycles. The van der Waals surface area contributed by atoms with Gasteiger partial charge < -0.3 is 19.9 Å². The molecular weight excluding hydrogens is 444 g/mol. The lowest BCUT2D eigenvalue weighted by Gasteiger charge is -2.11. The fraction of sp³-hybridized carbons (Fsp3) is 0.0870. The molecule has 34 heavy (non-hydrogen) atoms. The molecule has 3 aromatic rings. The lowest BCUT2D eigenvalue weighted by Crippen LogP contribution is -2.20. The summed E-state index contributed by atoms with van der Waals surface area (Å²) in [4.78, 5) is 34.5. The van der Waals surface area contributed by atoms with Gasteiger partial charge in [0.05, 0.1) is 23.8 Å². The Morgan fingerprint density at radius 3 is 2.62 bits per heavy atom. The topological polar surface area (TPSA) is 152 Å². The lowest BCUT2D eigenvalue weighted by atomic mass is 10.2. The minimum absolute atomic E-state index is 0.0874. The number of nitrogens with zero attached hydrogens (tertiary/aromatic N) is 2. The number of para-hydroxylation sites is 1. The number of methoxy groups -OCH3 is 1. The average Bonchev–Trinajstić information content (AvgIpc) is 2.83. The van der Waals surface area contributed by atoms with Gasteiger partial charge in [-0.3, -0.25) is 19.7 Å². The molecule has 0 aliphatic heterocycles. The van der Waals surface area contributed by atoms with Crippen molar-refractivity contribution >= 4 is 29.4 Å². The number of phenolic OH excluding ortho intramolecular Hbond substituents is 1. The summed E-state index contributed by atoms with van der Waals surface area (Å²) in [7, 11) is 1.42. The maximum atomic E-state index is 12.2. The van der Waals surface area contributed by atoms with Crippen molar-refractivity contribution in [3.05, 3.63) is 88.0 Å². The Morgan fingerprint density at radius 2 is 1.88 bits per heavy atom. The maximum Gasteiger partial charge on any atom is 0.275 e. The van der Waals surface area contributed by atoms with Crippen LogP contribution in [0.15, 0.2) is 71.8 Å². The van der Waals surface area contributed by atoms with Crippen LogP contribution >= 0.6 is 0 Å². The number of carbonyl (C=O) groups excluding carboxylic acids is 2. The van der Waals surface area contributed by atoms with E-state index in [1.165, 1.54) is 49.7 Å². The van der Waals surface area contributed by atoms with Crippen molar-refractivity contribution in [1.82, 2.24) is 5.43 Å². The van der Waals surface area contributed by atoms with Crippen LogP contribution in [0.3, 0.4) is 0 Å². The standard InChI is InChI=1S/C23H20N4O7/c1-33-21-11-15(13-24-26-23(30)18-7-2-3-8-19(18)28)9-10-20(21)34-14-22(29)25-16-5-4-6-17(12-16)27(31)32/h2-13,28H,14H2,1H3,(H,25,29)(H,26,30)/b24-13+. The van der Waals surface area contributed by atoms with Crippen LogP contribution in [-0.4, -0.2) is 41.8 Å². The van der Waals surface area contributed by atoms with Crippen LogP contribution in [0.5, 0.6) is 17.2 Å². The number of hydrogen-bond donors (Lipinski definition) is 3. The first-order valence-electron chi connectivity index (χ1n) is 9.84. The van der Waals surface area contributed by atoms with Crippen molar-refractivity contribution < 1.29 is 29.1 Å². The highest BCUT2D eigenvalue weighted by molar-refractivity contribution is 5.97. The zero-order valence-electron chi connectivity index (χ0n) is 17.9. The van der Waals surface area contributed by atoms with E-state index in [-0.39, 0.29) is 35.0 Å². The van der Waals surface area contributed by atoms with E-state index in [0.29, 0.717) is 11.3 Å². The van der Waals surface area contributed by atoms with Crippen LogP contribution in [0.2, 0.25) is 0 Å². The number of amides is 2. The summed E-state index contributed by atoms with van der Waals surface area (Å²) in [6.07, 6.45) is 1.37. The molecule has 2 amide bonds. The molecule has 0 unspecified atom stereocenters. The Kier molecular flexibility index (Phi) is 7.74. The second-order valence-corrected chi connectivity index (χ2v) is 6.77. The van der Waals surface area contributed by atoms with Gasteiger partial charge in [0, 0.05) is 17.8 Å². The van der Waals surface area contributed by atoms with E-state index in [1.54, 1.807) is 30.3 Å². The van der Waals surface area contributed by atoms with Crippen LogP contribution in [0.1, 0.15) is 15.9 Å². The number of hydrogen-bond acceptors (Lipinski definition) is 8. The highest BCUT2D eigenvalue weighted by Gasteiger charge is 2.12. The molecule has 11 nitrogen and oxygen atoms in total. The first kappa shape index (κ1) is 23.7. The monoisotopic (exact) mass is 464 g/mol. The molecule has 0 saturated carbocycles. The molecule has 0 spiro atoms. The molecule has 0 bridgehead atoms. The lowest BCUT2D eigenvalue weighted by molar-refractivity contribution is -0.384. The van der Waals surface area contributed by atoms with E-state index in [1.807, 2.05) is 0 Å². The minimum atomic E-state index is -0.573. The second kappa shape index (κ2) is 11.1. The molecule has 0 radical (unpaired) electrons. The Hall–Kier alpha value is -4.93. The number of benzene rings is 3. The summed E-state index contributed by atoms with van der Waals surface area (Å²) >= 11 is 0. The summed E-state index contributed by atoms with van der Waals surface area (Å²) < 4.78 is 10.8. The number of carbonyl (C=O) groups is 2. The van der Waals surface area contributed by atoms with Crippen molar-refractivity contribution in [3.8, 4) is 17.2 Å². The van der Waals surface area contributed by atoms with Crippen molar-refractivity contribution in [1.29, 1.82) is 0 Å². The Labute approximate surface area is 193 Å². The number of aromatic hydroxyl groups is 1. The van der Waals surface area contributed by atoms with Crippen molar-refractivity contribution in [2.45, 2.75) is 0 Å². The number of nitro groups is 1. The fourth-order valence-electron chi connectivity index (χ4n) is 2.81. The smallest absolute Gasteiger partial charge is 0.275 e. The summed E-state index contributed by atoms with van der Waals surface area (Å²) in [6, 6.07) is 16.4. The third-order valence-corrected chi connectivity index (χ3v) is 4.42. The van der Waals surface area contributed by atoms with E-state index in [4.69, 9.17) is 9.47 Å². The molecule has 0 aliphatic rings. The van der Waals surface area contributed by atoms with Gasteiger partial charge >= 0.3 is 0 Å². The number of anilines is 1. The van der Waals surface area contributed by atoms with Crippen LogP contribution in [-0.2, 0) is 4.79 Å². The van der Waals surface area contributed by atoms with E-state index >= 15 is 0 Å². The SMILES string of the molecule is COc1cc(/C=N/NC(=O)c2ccccc2O)ccc1OCC(=O)Nc1cccc([N+](=O)[O-])c1. The molecule has 0 atom stereocenters. The Morgan fingerprint density at radius 1 is 1.09 bits per heavy atom. The molecule has 0 heterocycles. The molecule has 174 valence electrons. The normalized spacial score (nSPS) is 10.5. The number of nitrogens with one attached hydrogen (secondary N) is 2. The Bertz CT molecular complexity index is 1240. The van der Waals surface area contributed by atoms with Crippen LogP contribution < -0.4 is 20.2 Å². The minimum Gasteiger partial charge on any atom is -0.507 e. The summed E-state index contributed by atoms with van der Waals surface area (Å²) in [5.41, 5.74) is 3.10. The van der Waals surface area contributed by atoms with Gasteiger partial charge in [-0.25, -0.2) is 5.43 Å². The van der Waals surface area contributed by atoms with Gasteiger partial charge in [0.1, 0.15) is 5.75 Å². The van der Waals surface area contributed by atoms with Crippen molar-refractivity contribution in [2.75, 3.05) is 19.0 Å². The van der Waals surface area contributed by atoms with Gasteiger partial charge in [-0.1, -0.05) is 18.2 Å². The van der Waals surface area contributed by atoms with Crippen LogP contribution in [0, 0.1) is 10.1 Å². The van der Waals surface area contributed by atoms with Gasteiger partial charge in [-0.2, -0.15) is 5.10 Å². The van der Waals surface area contributed by atoms with E-state index in [2.05, 4.69) is 15.8 Å². The Balaban J connectivity index is 1.58. The molecule has 3 N–H and O–H groups in total. The van der Waals surface area contributed by atoms with E-state index < -0.39 is 16.7 Å². The third kappa shape index (κ3) is 6.29. The number of ether oxygens (including phenoxy) is 2. The predicted octanol–water partition coefficient (Wildman–Crippen LogP) is 3.09. The highest BCUT2D eigenvalue weighted by atomic mass is 16.6. The molecule has 0 aromatic heterocycles. The summed E-state index contributed by atoms with van der Waals surface area (Å²) in [6.45, 7) is -0.358.